The van der Waals surface area contributed by atoms with E-state index in [1.165, 1.54) is 31.2 Å². The molecule has 0 bridgehead atoms. The molecule has 2 nitrogen and oxygen atoms in total. The number of carbonyl (C=O) groups is 2. The van der Waals surface area contributed by atoms with Crippen molar-refractivity contribution in [2.24, 2.45) is 0 Å². The molecule has 0 aromatic heterocycles. The lowest BCUT2D eigenvalue weighted by molar-refractivity contribution is -0.137. The van der Waals surface area contributed by atoms with E-state index in [0.717, 1.165) is 17.8 Å². The fourth-order valence-corrected chi connectivity index (χ4v) is 3.46. The Morgan fingerprint density at radius 1 is 0.966 bits per heavy atom. The fourth-order valence-electron chi connectivity index (χ4n) is 2.17. The molecule has 2 aromatic rings. The van der Waals surface area contributed by atoms with Crippen molar-refractivity contribution in [3.05, 3.63) is 84.0 Å². The van der Waals surface area contributed by atoms with Gasteiger partial charge in [0.15, 0.2) is 0 Å². The third-order valence-electron chi connectivity index (χ3n) is 3.61. The molecule has 0 radical (unpaired) electrons. The number of halogens is 3. The second-order valence-electron chi connectivity index (χ2n) is 5.94. The number of carbonyl (C=O) groups excluding carboxylic acids is 2. The van der Waals surface area contributed by atoms with Crippen molar-refractivity contribution in [2.75, 3.05) is 0 Å². The van der Waals surface area contributed by atoms with E-state index in [1.54, 1.807) is 30.3 Å². The third kappa shape index (κ3) is 6.80. The zero-order valence-electron chi connectivity index (χ0n) is 15.5. The lowest BCUT2D eigenvalue weighted by atomic mass is 10.1. The Morgan fingerprint density at radius 3 is 2.14 bits per heavy atom. The van der Waals surface area contributed by atoms with Crippen LogP contribution in [0.5, 0.6) is 0 Å². The summed E-state index contributed by atoms with van der Waals surface area (Å²) in [5.41, 5.74) is 0.121. The van der Waals surface area contributed by atoms with Crippen LogP contribution < -0.4 is 0 Å². The zero-order valence-corrected chi connectivity index (χ0v) is 17.1. The smallest absolute Gasteiger partial charge is 0.282 e. The van der Waals surface area contributed by atoms with Gasteiger partial charge in [0.05, 0.1) is 5.56 Å². The Bertz CT molecular complexity index is 975. The summed E-state index contributed by atoms with van der Waals surface area (Å²) in [6.07, 6.45) is -0.424. The third-order valence-corrected chi connectivity index (χ3v) is 5.51. The van der Waals surface area contributed by atoms with E-state index in [0.29, 0.717) is 22.2 Å². The number of hydrogen-bond acceptors (Lipinski definition) is 4. The standard InChI is InChI=1S/C22H17F3O2S2/c1-4-20(26)28-17-10-6-15(7-11-17)5-8-16-9-12-18(29-21(27)14(2)3)13-19(16)22(23,24)25/h4-13H,1-2H2,3H3/b8-5+. The second-order valence-corrected chi connectivity index (χ2v) is 8.07. The molecule has 29 heavy (non-hydrogen) atoms. The summed E-state index contributed by atoms with van der Waals surface area (Å²) in [6.45, 7) is 8.41. The van der Waals surface area contributed by atoms with Gasteiger partial charge in [0, 0.05) is 9.79 Å². The van der Waals surface area contributed by atoms with Crippen molar-refractivity contribution in [2.45, 2.75) is 22.9 Å². The molecule has 150 valence electrons. The molecule has 0 unspecified atom stereocenters. The number of hydrogen-bond donors (Lipinski definition) is 0. The number of thioether (sulfide) groups is 2. The Morgan fingerprint density at radius 2 is 1.59 bits per heavy atom. The van der Waals surface area contributed by atoms with Gasteiger partial charge in [0.25, 0.3) is 0 Å². The first kappa shape index (κ1) is 22.8. The summed E-state index contributed by atoms with van der Waals surface area (Å²) in [6, 6.07) is 10.6. The van der Waals surface area contributed by atoms with Crippen LogP contribution >= 0.6 is 23.5 Å². The van der Waals surface area contributed by atoms with E-state index < -0.39 is 11.7 Å². The highest BCUT2D eigenvalue weighted by Gasteiger charge is 2.33. The van der Waals surface area contributed by atoms with Crippen molar-refractivity contribution < 1.29 is 22.8 Å². The van der Waals surface area contributed by atoms with Crippen molar-refractivity contribution in [3.63, 3.8) is 0 Å². The van der Waals surface area contributed by atoms with Gasteiger partial charge in [0.2, 0.25) is 10.2 Å². The van der Waals surface area contributed by atoms with Crippen LogP contribution in [0.2, 0.25) is 0 Å². The van der Waals surface area contributed by atoms with Crippen molar-refractivity contribution in [1.29, 1.82) is 0 Å². The fraction of sp³-hybridized carbons (Fsp3) is 0.0909. The normalized spacial score (nSPS) is 11.4. The van der Waals surface area contributed by atoms with E-state index in [1.807, 2.05) is 0 Å². The first-order valence-corrected chi connectivity index (χ1v) is 9.95. The van der Waals surface area contributed by atoms with Gasteiger partial charge in [-0.15, -0.1) is 0 Å². The maximum absolute atomic E-state index is 13.5. The average molecular weight is 435 g/mol. The lowest BCUT2D eigenvalue weighted by Crippen LogP contribution is -2.07. The minimum Gasteiger partial charge on any atom is -0.282 e. The van der Waals surface area contributed by atoms with E-state index in [9.17, 15) is 22.8 Å². The van der Waals surface area contributed by atoms with Gasteiger partial charge >= 0.3 is 6.18 Å². The molecular weight excluding hydrogens is 417 g/mol. The van der Waals surface area contributed by atoms with Gasteiger partial charge in [-0.1, -0.05) is 43.5 Å². The van der Waals surface area contributed by atoms with Crippen LogP contribution in [0, 0.1) is 0 Å². The predicted molar refractivity (Wildman–Crippen MR) is 114 cm³/mol. The average Bonchev–Trinajstić information content (AvgIpc) is 2.67. The van der Waals surface area contributed by atoms with E-state index >= 15 is 0 Å². The quantitative estimate of drug-likeness (QED) is 0.282. The maximum atomic E-state index is 13.5. The first-order chi connectivity index (χ1) is 13.6. The van der Waals surface area contributed by atoms with E-state index in [-0.39, 0.29) is 26.3 Å². The largest absolute Gasteiger partial charge is 0.417 e. The Hall–Kier alpha value is -2.51. The number of benzene rings is 2. The van der Waals surface area contributed by atoms with Gasteiger partial charge in [-0.2, -0.15) is 13.2 Å². The molecular formula is C22H17F3O2S2. The predicted octanol–water partition coefficient (Wildman–Crippen LogP) is 6.88. The maximum Gasteiger partial charge on any atom is 0.417 e. The van der Waals surface area contributed by atoms with Crippen molar-refractivity contribution in [3.8, 4) is 0 Å². The van der Waals surface area contributed by atoms with Crippen LogP contribution in [0.4, 0.5) is 13.2 Å². The SMILES string of the molecule is C=CC(=O)Sc1ccc(/C=C/c2ccc(SC(=O)C(=C)C)cc2C(F)(F)F)cc1. The lowest BCUT2D eigenvalue weighted by Gasteiger charge is -2.12. The summed E-state index contributed by atoms with van der Waals surface area (Å²) in [7, 11) is 0. The Balaban J connectivity index is 2.26. The highest BCUT2D eigenvalue weighted by atomic mass is 32.2. The van der Waals surface area contributed by atoms with Crippen LogP contribution in [-0.4, -0.2) is 10.2 Å². The number of rotatable bonds is 6. The van der Waals surface area contributed by atoms with Gasteiger partial charge < -0.3 is 0 Å². The zero-order chi connectivity index (χ0) is 21.6. The van der Waals surface area contributed by atoms with Gasteiger partial charge in [-0.05, 0) is 77.5 Å². The minimum absolute atomic E-state index is 0.00934. The highest BCUT2D eigenvalue weighted by Crippen LogP contribution is 2.36. The Labute approximate surface area is 175 Å². The highest BCUT2D eigenvalue weighted by molar-refractivity contribution is 8.14. The van der Waals surface area contributed by atoms with Crippen LogP contribution in [0.15, 0.2) is 77.1 Å². The van der Waals surface area contributed by atoms with E-state index in [2.05, 4.69) is 13.2 Å². The molecule has 0 aliphatic heterocycles. The number of alkyl halides is 3. The molecule has 7 heteroatoms. The summed E-state index contributed by atoms with van der Waals surface area (Å²) >= 11 is 1.73. The summed E-state index contributed by atoms with van der Waals surface area (Å²) in [5, 5.41) is -0.569. The molecule has 2 aromatic carbocycles. The van der Waals surface area contributed by atoms with Crippen molar-refractivity contribution >= 4 is 45.9 Å². The van der Waals surface area contributed by atoms with Gasteiger partial charge in [-0.25, -0.2) is 0 Å². The minimum atomic E-state index is -4.56. The van der Waals surface area contributed by atoms with Crippen LogP contribution in [0.3, 0.4) is 0 Å². The van der Waals surface area contributed by atoms with Crippen LogP contribution in [0.1, 0.15) is 23.6 Å². The molecule has 0 aliphatic carbocycles. The first-order valence-electron chi connectivity index (χ1n) is 8.31. The molecule has 2 rings (SSSR count). The monoisotopic (exact) mass is 434 g/mol. The van der Waals surface area contributed by atoms with Crippen molar-refractivity contribution in [1.82, 2.24) is 0 Å². The second kappa shape index (κ2) is 9.80. The molecule has 0 heterocycles. The van der Waals surface area contributed by atoms with E-state index in [4.69, 9.17) is 0 Å². The summed E-state index contributed by atoms with van der Waals surface area (Å²) < 4.78 is 40.4. The van der Waals surface area contributed by atoms with Crippen LogP contribution in [-0.2, 0) is 15.8 Å². The molecule has 0 saturated carbocycles. The van der Waals surface area contributed by atoms with Gasteiger partial charge in [0.1, 0.15) is 0 Å². The molecule has 0 aliphatic rings. The molecule has 0 saturated heterocycles. The molecule has 0 spiro atoms. The molecule has 0 fully saturated rings. The molecule has 0 amide bonds. The van der Waals surface area contributed by atoms with Crippen LogP contribution in [0.25, 0.3) is 12.2 Å². The Kier molecular flexibility index (Phi) is 7.70. The summed E-state index contributed by atoms with van der Waals surface area (Å²) in [4.78, 5) is 24.0. The summed E-state index contributed by atoms with van der Waals surface area (Å²) in [5.74, 6) is 0. The van der Waals surface area contributed by atoms with Gasteiger partial charge in [-0.3, -0.25) is 9.59 Å². The topological polar surface area (TPSA) is 34.1 Å². The molecule has 0 N–H and O–H groups in total. The molecule has 0 atom stereocenters.